The molecule has 1 rings (SSSR count). The number of hydrogen-bond acceptors (Lipinski definition) is 3. The molecule has 0 radical (unpaired) electrons. The summed E-state index contributed by atoms with van der Waals surface area (Å²) in [5, 5.41) is 9.71. The van der Waals surface area contributed by atoms with E-state index < -0.39 is 11.7 Å². The van der Waals surface area contributed by atoms with Crippen molar-refractivity contribution in [1.82, 2.24) is 4.90 Å². The molecule has 0 aromatic heterocycles. The van der Waals surface area contributed by atoms with E-state index in [9.17, 15) is 9.90 Å². The molecule has 0 aliphatic carbocycles. The quantitative estimate of drug-likeness (QED) is 0.733. The first-order valence-corrected chi connectivity index (χ1v) is 5.65. The van der Waals surface area contributed by atoms with Crippen molar-refractivity contribution in [3.63, 3.8) is 0 Å². The summed E-state index contributed by atoms with van der Waals surface area (Å²) >= 11 is 0. The molecule has 1 aliphatic heterocycles. The van der Waals surface area contributed by atoms with Gasteiger partial charge in [0.15, 0.2) is 0 Å². The molecule has 1 aliphatic rings. The van der Waals surface area contributed by atoms with Gasteiger partial charge in [0.25, 0.3) is 0 Å². The summed E-state index contributed by atoms with van der Waals surface area (Å²) in [5.41, 5.74) is -0.497. The molecule has 4 nitrogen and oxygen atoms in total. The van der Waals surface area contributed by atoms with E-state index in [0.717, 1.165) is 12.8 Å². The van der Waals surface area contributed by atoms with Gasteiger partial charge >= 0.3 is 6.09 Å². The van der Waals surface area contributed by atoms with Crippen molar-refractivity contribution in [1.29, 1.82) is 0 Å². The van der Waals surface area contributed by atoms with Gasteiger partial charge in [-0.3, -0.25) is 0 Å². The highest BCUT2D eigenvalue weighted by molar-refractivity contribution is 5.69. The van der Waals surface area contributed by atoms with Crippen LogP contribution in [0.25, 0.3) is 0 Å². The first-order valence-electron chi connectivity index (χ1n) is 5.65. The summed E-state index contributed by atoms with van der Waals surface area (Å²) in [7, 11) is 0. The van der Waals surface area contributed by atoms with Crippen LogP contribution in [-0.4, -0.2) is 40.4 Å². The van der Waals surface area contributed by atoms with Crippen molar-refractivity contribution >= 4 is 6.09 Å². The number of rotatable bonds is 2. The third kappa shape index (κ3) is 3.23. The van der Waals surface area contributed by atoms with Crippen LogP contribution in [0.4, 0.5) is 4.79 Å². The zero-order valence-corrected chi connectivity index (χ0v) is 10.3. The van der Waals surface area contributed by atoms with Crippen LogP contribution in [0.15, 0.2) is 12.7 Å². The molecule has 0 saturated carbocycles. The Bertz CT molecular complexity index is 270. The normalized spacial score (nSPS) is 23.0. The zero-order chi connectivity index (χ0) is 12.3. The highest BCUT2D eigenvalue weighted by atomic mass is 16.6. The number of amides is 1. The Kier molecular flexibility index (Phi) is 3.97. The number of ether oxygens (including phenoxy) is 1. The van der Waals surface area contributed by atoms with Gasteiger partial charge in [-0.15, -0.1) is 6.58 Å². The lowest BCUT2D eigenvalue weighted by atomic mass is 10.1. The first kappa shape index (κ1) is 13.0. The molecule has 0 aromatic rings. The maximum absolute atomic E-state index is 11.9. The van der Waals surface area contributed by atoms with E-state index in [4.69, 9.17) is 4.74 Å². The van der Waals surface area contributed by atoms with Gasteiger partial charge < -0.3 is 14.7 Å². The SMILES string of the molecule is C=C[C@@H](O)[C@H]1CCCN1C(=O)OC(C)(C)C. The predicted molar refractivity (Wildman–Crippen MR) is 62.2 cm³/mol. The number of likely N-dealkylation sites (tertiary alicyclic amines) is 1. The number of carbonyl (C=O) groups is 1. The Morgan fingerprint density at radius 1 is 1.62 bits per heavy atom. The highest BCUT2D eigenvalue weighted by Crippen LogP contribution is 2.23. The molecule has 4 heteroatoms. The van der Waals surface area contributed by atoms with Crippen LogP contribution in [-0.2, 0) is 4.74 Å². The van der Waals surface area contributed by atoms with Gasteiger partial charge in [-0.1, -0.05) is 6.08 Å². The molecule has 0 spiro atoms. The van der Waals surface area contributed by atoms with E-state index in [1.807, 2.05) is 20.8 Å². The first-order chi connectivity index (χ1) is 7.35. The van der Waals surface area contributed by atoms with E-state index >= 15 is 0 Å². The van der Waals surface area contributed by atoms with Gasteiger partial charge in [-0.2, -0.15) is 0 Å². The predicted octanol–water partition coefficient (Wildman–Crippen LogP) is 1.93. The molecule has 1 fully saturated rings. The van der Waals surface area contributed by atoms with Crippen LogP contribution in [0.1, 0.15) is 33.6 Å². The molecular formula is C12H21NO3. The summed E-state index contributed by atoms with van der Waals surface area (Å²) in [5.74, 6) is 0. The van der Waals surface area contributed by atoms with Gasteiger partial charge in [-0.05, 0) is 33.6 Å². The summed E-state index contributed by atoms with van der Waals surface area (Å²) in [6, 6.07) is -0.188. The fourth-order valence-corrected chi connectivity index (χ4v) is 1.85. The van der Waals surface area contributed by atoms with Crippen LogP contribution < -0.4 is 0 Å². The standard InChI is InChI=1S/C12H21NO3/c1-5-10(14)9-7-6-8-13(9)11(15)16-12(2,3)4/h5,9-10,14H,1,6-8H2,2-4H3/t9-,10-/m1/s1. The summed E-state index contributed by atoms with van der Waals surface area (Å²) in [4.78, 5) is 13.4. The van der Waals surface area contributed by atoms with Gasteiger partial charge in [0.05, 0.1) is 12.1 Å². The van der Waals surface area contributed by atoms with Crippen molar-refractivity contribution in [3.8, 4) is 0 Å². The van der Waals surface area contributed by atoms with Gasteiger partial charge in [0.1, 0.15) is 5.60 Å². The van der Waals surface area contributed by atoms with Crippen LogP contribution in [0.3, 0.4) is 0 Å². The third-order valence-electron chi connectivity index (χ3n) is 2.56. The van der Waals surface area contributed by atoms with Gasteiger partial charge in [-0.25, -0.2) is 4.79 Å². The molecule has 16 heavy (non-hydrogen) atoms. The highest BCUT2D eigenvalue weighted by Gasteiger charge is 2.35. The van der Waals surface area contributed by atoms with Crippen molar-refractivity contribution in [2.24, 2.45) is 0 Å². The Balaban J connectivity index is 2.64. The molecular weight excluding hydrogens is 206 g/mol. The molecule has 0 unspecified atom stereocenters. The molecule has 0 bridgehead atoms. The monoisotopic (exact) mass is 227 g/mol. The minimum absolute atomic E-state index is 0.188. The van der Waals surface area contributed by atoms with Crippen molar-refractivity contribution in [2.45, 2.75) is 51.4 Å². The van der Waals surface area contributed by atoms with Crippen molar-refractivity contribution in [3.05, 3.63) is 12.7 Å². The van der Waals surface area contributed by atoms with Crippen molar-refractivity contribution < 1.29 is 14.6 Å². The second-order valence-electron chi connectivity index (χ2n) is 5.11. The Morgan fingerprint density at radius 2 is 2.25 bits per heavy atom. The topological polar surface area (TPSA) is 49.8 Å². The molecule has 1 N–H and O–H groups in total. The van der Waals surface area contributed by atoms with E-state index in [-0.39, 0.29) is 12.1 Å². The number of hydrogen-bond donors (Lipinski definition) is 1. The smallest absolute Gasteiger partial charge is 0.410 e. The molecule has 1 amide bonds. The Hall–Kier alpha value is -1.03. The molecule has 2 atom stereocenters. The average Bonchev–Trinajstić information content (AvgIpc) is 2.62. The van der Waals surface area contributed by atoms with Gasteiger partial charge in [0.2, 0.25) is 0 Å². The van der Waals surface area contributed by atoms with E-state index in [1.54, 1.807) is 4.90 Å². The number of aliphatic hydroxyl groups is 1. The average molecular weight is 227 g/mol. The Morgan fingerprint density at radius 3 is 2.75 bits per heavy atom. The number of nitrogens with zero attached hydrogens (tertiary/aromatic N) is 1. The second-order valence-corrected chi connectivity index (χ2v) is 5.11. The van der Waals surface area contributed by atoms with E-state index in [2.05, 4.69) is 6.58 Å². The largest absolute Gasteiger partial charge is 0.444 e. The lowest BCUT2D eigenvalue weighted by Crippen LogP contribution is -2.44. The summed E-state index contributed by atoms with van der Waals surface area (Å²) < 4.78 is 5.29. The number of carbonyl (C=O) groups excluding carboxylic acids is 1. The minimum atomic E-state index is -0.671. The molecule has 1 saturated heterocycles. The van der Waals surface area contributed by atoms with E-state index in [0.29, 0.717) is 6.54 Å². The molecule has 1 heterocycles. The maximum Gasteiger partial charge on any atom is 0.410 e. The lowest BCUT2D eigenvalue weighted by Gasteiger charge is -2.30. The minimum Gasteiger partial charge on any atom is -0.444 e. The van der Waals surface area contributed by atoms with Crippen LogP contribution in [0.5, 0.6) is 0 Å². The van der Waals surface area contributed by atoms with Crippen molar-refractivity contribution in [2.75, 3.05) is 6.54 Å². The summed E-state index contributed by atoms with van der Waals surface area (Å²) in [6.45, 7) is 9.69. The Labute approximate surface area is 96.9 Å². The lowest BCUT2D eigenvalue weighted by molar-refractivity contribution is 0.0114. The van der Waals surface area contributed by atoms with Crippen LogP contribution >= 0.6 is 0 Å². The van der Waals surface area contributed by atoms with Crippen LogP contribution in [0, 0.1) is 0 Å². The third-order valence-corrected chi connectivity index (χ3v) is 2.56. The number of aliphatic hydroxyl groups excluding tert-OH is 1. The second kappa shape index (κ2) is 4.87. The molecule has 0 aromatic carbocycles. The van der Waals surface area contributed by atoms with Gasteiger partial charge in [0, 0.05) is 6.54 Å². The summed E-state index contributed by atoms with van der Waals surface area (Å²) in [6.07, 6.45) is 2.14. The maximum atomic E-state index is 11.9. The molecule has 92 valence electrons. The fourth-order valence-electron chi connectivity index (χ4n) is 1.85. The fraction of sp³-hybridized carbons (Fsp3) is 0.750. The zero-order valence-electron chi connectivity index (χ0n) is 10.3. The van der Waals surface area contributed by atoms with Crippen LogP contribution in [0.2, 0.25) is 0 Å². The van der Waals surface area contributed by atoms with E-state index in [1.165, 1.54) is 6.08 Å².